The molecule has 0 saturated carbocycles. The van der Waals surface area contributed by atoms with Crippen LogP contribution >= 0.6 is 0 Å². The van der Waals surface area contributed by atoms with E-state index < -0.39 is 36.0 Å². The van der Waals surface area contributed by atoms with Crippen LogP contribution in [0.15, 0.2) is 18.2 Å². The lowest BCUT2D eigenvalue weighted by Crippen LogP contribution is -2.45. The Morgan fingerprint density at radius 1 is 1.29 bits per heavy atom. The first kappa shape index (κ1) is 21.8. The zero-order valence-corrected chi connectivity index (χ0v) is 17.1. The normalized spacial score (nSPS) is 22.4. The van der Waals surface area contributed by atoms with Gasteiger partial charge in [0.15, 0.2) is 12.3 Å². The molecule has 156 valence electrons. The van der Waals surface area contributed by atoms with Crippen molar-refractivity contribution < 1.29 is 34.0 Å². The number of aliphatic carboxylic acids is 1. The number of ether oxygens (including phenoxy) is 3. The van der Waals surface area contributed by atoms with Gasteiger partial charge >= 0.3 is 12.1 Å². The van der Waals surface area contributed by atoms with E-state index in [1.165, 1.54) is 18.1 Å². The predicted molar refractivity (Wildman–Crippen MR) is 101 cm³/mol. The van der Waals surface area contributed by atoms with Gasteiger partial charge in [-0.2, -0.15) is 0 Å². The summed E-state index contributed by atoms with van der Waals surface area (Å²) in [6, 6.07) is 3.81. The van der Waals surface area contributed by atoms with Crippen LogP contribution in [0.25, 0.3) is 0 Å². The Bertz CT molecular complexity index is 726. The van der Waals surface area contributed by atoms with Gasteiger partial charge in [0, 0.05) is 11.6 Å². The third kappa shape index (κ3) is 4.86. The second-order valence-corrected chi connectivity index (χ2v) is 8.26. The number of aromatic hydroxyl groups is 1. The third-order valence-corrected chi connectivity index (χ3v) is 4.30. The maximum absolute atomic E-state index is 13.0. The molecular formula is C20H29NO7. The van der Waals surface area contributed by atoms with Crippen molar-refractivity contribution in [3.05, 3.63) is 23.8 Å². The van der Waals surface area contributed by atoms with Gasteiger partial charge in [-0.1, -0.05) is 13.8 Å². The molecule has 0 spiro atoms. The van der Waals surface area contributed by atoms with E-state index in [1.807, 2.05) is 13.8 Å². The van der Waals surface area contributed by atoms with Crippen LogP contribution in [0.1, 0.15) is 52.8 Å². The Morgan fingerprint density at radius 3 is 2.39 bits per heavy atom. The highest BCUT2D eigenvalue weighted by Crippen LogP contribution is 2.42. The van der Waals surface area contributed by atoms with E-state index in [4.69, 9.17) is 14.2 Å². The van der Waals surface area contributed by atoms with E-state index in [0.29, 0.717) is 12.2 Å². The molecule has 1 aromatic rings. The van der Waals surface area contributed by atoms with Crippen molar-refractivity contribution >= 4 is 12.1 Å². The van der Waals surface area contributed by atoms with Gasteiger partial charge in [-0.05, 0) is 45.2 Å². The first-order valence-electron chi connectivity index (χ1n) is 9.21. The van der Waals surface area contributed by atoms with E-state index >= 15 is 0 Å². The molecule has 1 saturated heterocycles. The number of methoxy groups -OCH3 is 1. The molecule has 1 amide bonds. The number of hydrogen-bond acceptors (Lipinski definition) is 6. The van der Waals surface area contributed by atoms with Crippen molar-refractivity contribution in [3.63, 3.8) is 0 Å². The summed E-state index contributed by atoms with van der Waals surface area (Å²) in [4.78, 5) is 26.1. The molecule has 1 heterocycles. The summed E-state index contributed by atoms with van der Waals surface area (Å²) in [6.45, 7) is 9.06. The van der Waals surface area contributed by atoms with Crippen molar-refractivity contribution in [2.24, 2.45) is 5.92 Å². The van der Waals surface area contributed by atoms with Crippen molar-refractivity contribution in [2.75, 3.05) is 7.11 Å². The Hall–Kier alpha value is -2.48. The minimum atomic E-state index is -1.23. The van der Waals surface area contributed by atoms with Crippen LogP contribution in [-0.2, 0) is 14.3 Å². The monoisotopic (exact) mass is 395 g/mol. The molecule has 8 heteroatoms. The second-order valence-electron chi connectivity index (χ2n) is 8.26. The van der Waals surface area contributed by atoms with Crippen LogP contribution in [-0.4, -0.2) is 52.0 Å². The highest BCUT2D eigenvalue weighted by atomic mass is 16.6. The summed E-state index contributed by atoms with van der Waals surface area (Å²) >= 11 is 0. The summed E-state index contributed by atoms with van der Waals surface area (Å²) in [5.41, 5.74) is -0.503. The van der Waals surface area contributed by atoms with Crippen LogP contribution < -0.4 is 4.74 Å². The van der Waals surface area contributed by atoms with Gasteiger partial charge in [0.1, 0.15) is 17.1 Å². The zero-order valence-electron chi connectivity index (χ0n) is 17.1. The number of hydrogen-bond donors (Lipinski definition) is 2. The van der Waals surface area contributed by atoms with Crippen molar-refractivity contribution in [3.8, 4) is 11.5 Å². The molecule has 1 aliphatic heterocycles. The third-order valence-electron chi connectivity index (χ3n) is 4.30. The number of carboxylic acid groups (broad SMARTS) is 1. The smallest absolute Gasteiger partial charge is 0.413 e. The average Bonchev–Trinajstić information content (AvgIpc) is 2.91. The van der Waals surface area contributed by atoms with E-state index in [9.17, 15) is 19.8 Å². The molecular weight excluding hydrogens is 366 g/mol. The minimum absolute atomic E-state index is 0.114. The molecule has 3 atom stereocenters. The molecule has 1 aromatic carbocycles. The van der Waals surface area contributed by atoms with Crippen LogP contribution in [0.2, 0.25) is 0 Å². The molecule has 8 nitrogen and oxygen atoms in total. The molecule has 28 heavy (non-hydrogen) atoms. The number of carbonyl (C=O) groups excluding carboxylic acids is 1. The molecule has 0 bridgehead atoms. The van der Waals surface area contributed by atoms with Gasteiger partial charge in [0.25, 0.3) is 0 Å². The van der Waals surface area contributed by atoms with E-state index in [1.54, 1.807) is 32.9 Å². The topological polar surface area (TPSA) is 106 Å². The number of nitrogens with zero attached hydrogens (tertiary/aromatic N) is 1. The van der Waals surface area contributed by atoms with Crippen LogP contribution in [0.5, 0.6) is 11.5 Å². The van der Waals surface area contributed by atoms with Gasteiger partial charge in [0.2, 0.25) is 0 Å². The summed E-state index contributed by atoms with van der Waals surface area (Å²) in [6.07, 6.45) is -2.61. The fourth-order valence-electron chi connectivity index (χ4n) is 3.19. The largest absolute Gasteiger partial charge is 0.507 e. The maximum Gasteiger partial charge on any atom is 0.413 e. The lowest BCUT2D eigenvalue weighted by molar-refractivity contribution is -0.150. The van der Waals surface area contributed by atoms with Crippen LogP contribution in [0, 0.1) is 5.92 Å². The summed E-state index contributed by atoms with van der Waals surface area (Å²) in [5, 5.41) is 20.1. The number of carboxylic acids is 1. The number of rotatable bonds is 5. The SMILES string of the molecule is COc1ccc(C2O[C@@H](C(=O)O)C(CC(C)C)N2C(=O)OC(C)(C)C)c(O)c1. The van der Waals surface area contributed by atoms with Gasteiger partial charge in [-0.25, -0.2) is 9.59 Å². The number of phenols is 1. The van der Waals surface area contributed by atoms with Gasteiger partial charge in [-0.15, -0.1) is 0 Å². The van der Waals surface area contributed by atoms with Crippen molar-refractivity contribution in [1.29, 1.82) is 0 Å². The minimum Gasteiger partial charge on any atom is -0.507 e. The molecule has 2 rings (SSSR count). The van der Waals surface area contributed by atoms with Crippen LogP contribution in [0.4, 0.5) is 4.79 Å². The van der Waals surface area contributed by atoms with Gasteiger partial charge in [-0.3, -0.25) is 4.90 Å². The highest BCUT2D eigenvalue weighted by Gasteiger charge is 2.50. The summed E-state index contributed by atoms with van der Waals surface area (Å²) in [7, 11) is 1.46. The predicted octanol–water partition coefficient (Wildman–Crippen LogP) is 3.53. The summed E-state index contributed by atoms with van der Waals surface area (Å²) in [5.74, 6) is -0.790. The quantitative estimate of drug-likeness (QED) is 0.785. The van der Waals surface area contributed by atoms with Gasteiger partial charge in [0.05, 0.1) is 13.2 Å². The van der Waals surface area contributed by atoms with E-state index in [2.05, 4.69) is 0 Å². The molecule has 1 aliphatic rings. The fraction of sp³-hybridized carbons (Fsp3) is 0.600. The zero-order chi connectivity index (χ0) is 21.2. The van der Waals surface area contributed by atoms with Crippen LogP contribution in [0.3, 0.4) is 0 Å². The van der Waals surface area contributed by atoms with Crippen molar-refractivity contribution in [1.82, 2.24) is 4.90 Å². The fourth-order valence-corrected chi connectivity index (χ4v) is 3.19. The maximum atomic E-state index is 13.0. The Balaban J connectivity index is 2.51. The first-order valence-corrected chi connectivity index (χ1v) is 9.21. The number of phenolic OH excluding ortho intramolecular Hbond substituents is 1. The van der Waals surface area contributed by atoms with E-state index in [-0.39, 0.29) is 17.2 Å². The number of amides is 1. The molecule has 1 fully saturated rings. The molecule has 0 aromatic heterocycles. The Kier molecular flexibility index (Phi) is 6.44. The standard InChI is InChI=1S/C20H29NO7/c1-11(2)9-14-16(18(23)24)27-17(21(14)19(25)28-20(3,4)5)13-8-7-12(26-6)10-15(13)22/h7-8,10-11,14,16-17,22H,9H2,1-6H3,(H,23,24)/t14?,16-,17?/m1/s1. The first-order chi connectivity index (χ1) is 12.9. The molecule has 2 N–H and O–H groups in total. The van der Waals surface area contributed by atoms with Gasteiger partial charge < -0.3 is 24.4 Å². The van der Waals surface area contributed by atoms with Crippen molar-refractivity contribution in [2.45, 2.75) is 65.0 Å². The highest BCUT2D eigenvalue weighted by molar-refractivity contribution is 5.77. The Labute approximate surface area is 165 Å². The lowest BCUT2D eigenvalue weighted by Gasteiger charge is -2.32. The summed E-state index contributed by atoms with van der Waals surface area (Å²) < 4.78 is 16.3. The Morgan fingerprint density at radius 2 is 1.93 bits per heavy atom. The molecule has 0 aliphatic carbocycles. The average molecular weight is 395 g/mol. The van der Waals surface area contributed by atoms with E-state index in [0.717, 1.165) is 0 Å². The second kappa shape index (κ2) is 8.26. The lowest BCUT2D eigenvalue weighted by atomic mass is 9.98. The molecule has 2 unspecified atom stereocenters. The number of carbonyl (C=O) groups is 2. The number of benzene rings is 1. The molecule has 0 radical (unpaired) electrons.